The summed E-state index contributed by atoms with van der Waals surface area (Å²) in [5.41, 5.74) is 3.28. The van der Waals surface area contributed by atoms with Gasteiger partial charge in [0.05, 0.1) is 5.69 Å². The molecule has 1 nitrogen and oxygen atoms in total. The molecule has 2 atom stereocenters. The highest BCUT2D eigenvalue weighted by Crippen LogP contribution is 2.57. The van der Waals surface area contributed by atoms with Crippen molar-refractivity contribution in [3.8, 4) is 0 Å². The molecule has 1 heterocycles. The van der Waals surface area contributed by atoms with Gasteiger partial charge in [-0.05, 0) is 66.9 Å². The number of rotatable bonds is 3. The standard InChI is InChI=1S/C26H29F2N/c1-7-12-26(6,8-2)17-9-10-19(27)22-21(17)24-20-16(11-13-29-24)23(28)15(3)14-18(20)25(22,4)5/h7,10-14,17H,8-9H2,1-6H3. The molecule has 152 valence electrons. The molecule has 3 heteroatoms. The highest BCUT2D eigenvalue weighted by Gasteiger charge is 2.46. The maximum atomic E-state index is 15.4. The quantitative estimate of drug-likeness (QED) is 0.489. The van der Waals surface area contributed by atoms with E-state index in [1.807, 2.05) is 13.0 Å². The number of halogens is 2. The predicted molar refractivity (Wildman–Crippen MR) is 117 cm³/mol. The molecule has 2 aliphatic rings. The van der Waals surface area contributed by atoms with Crippen LogP contribution in [0.25, 0.3) is 16.3 Å². The summed E-state index contributed by atoms with van der Waals surface area (Å²) in [7, 11) is 0. The number of allylic oxidation sites excluding steroid dienone is 6. The third-order valence-corrected chi connectivity index (χ3v) is 7.21. The molecule has 2 aliphatic carbocycles. The van der Waals surface area contributed by atoms with Crippen LogP contribution in [-0.2, 0) is 5.41 Å². The van der Waals surface area contributed by atoms with Gasteiger partial charge in [0.25, 0.3) is 0 Å². The number of hydrogen-bond donors (Lipinski definition) is 0. The van der Waals surface area contributed by atoms with E-state index in [0.717, 1.165) is 34.2 Å². The maximum absolute atomic E-state index is 15.4. The molecule has 2 unspecified atom stereocenters. The number of aryl methyl sites for hydroxylation is 1. The van der Waals surface area contributed by atoms with Gasteiger partial charge >= 0.3 is 0 Å². The number of nitrogens with zero attached hydrogens (tertiary/aromatic N) is 1. The van der Waals surface area contributed by atoms with Crippen molar-refractivity contribution in [1.82, 2.24) is 4.98 Å². The molecule has 1 aromatic heterocycles. The average molecular weight is 394 g/mol. The Balaban J connectivity index is 2.14. The lowest BCUT2D eigenvalue weighted by Gasteiger charge is -2.45. The molecule has 1 aromatic carbocycles. The van der Waals surface area contributed by atoms with Gasteiger partial charge in [-0.3, -0.25) is 4.98 Å². The Morgan fingerprint density at radius 2 is 2.03 bits per heavy atom. The van der Waals surface area contributed by atoms with Crippen LogP contribution in [-0.4, -0.2) is 4.98 Å². The topological polar surface area (TPSA) is 12.9 Å². The zero-order valence-electron chi connectivity index (χ0n) is 18.2. The molecular formula is C26H29F2N. The number of pyridine rings is 1. The Bertz CT molecular complexity index is 1100. The maximum Gasteiger partial charge on any atom is 0.134 e. The van der Waals surface area contributed by atoms with Gasteiger partial charge in [-0.25, -0.2) is 8.78 Å². The summed E-state index contributed by atoms with van der Waals surface area (Å²) in [6.07, 6.45) is 9.27. The highest BCUT2D eigenvalue weighted by molar-refractivity contribution is 6.01. The van der Waals surface area contributed by atoms with E-state index in [0.29, 0.717) is 17.4 Å². The van der Waals surface area contributed by atoms with Gasteiger partial charge in [0, 0.05) is 28.0 Å². The third-order valence-electron chi connectivity index (χ3n) is 7.21. The Morgan fingerprint density at radius 1 is 1.31 bits per heavy atom. The van der Waals surface area contributed by atoms with E-state index in [2.05, 4.69) is 39.8 Å². The van der Waals surface area contributed by atoms with Crippen molar-refractivity contribution in [3.05, 3.63) is 70.6 Å². The Hall–Kier alpha value is -2.29. The van der Waals surface area contributed by atoms with Crippen LogP contribution in [0, 0.1) is 24.1 Å². The molecule has 0 N–H and O–H groups in total. The normalized spacial score (nSPS) is 22.6. The van der Waals surface area contributed by atoms with Crippen molar-refractivity contribution in [1.29, 1.82) is 0 Å². The molecule has 0 saturated carbocycles. The number of aromatic nitrogens is 1. The minimum atomic E-state index is -0.564. The number of fused-ring (bicyclic) bond motifs is 1. The average Bonchev–Trinajstić information content (AvgIpc) is 2.69. The fourth-order valence-corrected chi connectivity index (χ4v) is 5.44. The monoisotopic (exact) mass is 393 g/mol. The molecular weight excluding hydrogens is 364 g/mol. The first-order valence-corrected chi connectivity index (χ1v) is 10.5. The second kappa shape index (κ2) is 6.62. The van der Waals surface area contributed by atoms with Gasteiger partial charge in [0.15, 0.2) is 0 Å². The van der Waals surface area contributed by atoms with Crippen molar-refractivity contribution >= 4 is 16.3 Å². The van der Waals surface area contributed by atoms with E-state index in [1.165, 1.54) is 0 Å². The second-order valence-corrected chi connectivity index (χ2v) is 9.25. The first-order chi connectivity index (χ1) is 13.7. The van der Waals surface area contributed by atoms with E-state index < -0.39 is 5.41 Å². The van der Waals surface area contributed by atoms with Crippen LogP contribution in [0.2, 0.25) is 0 Å². The van der Waals surface area contributed by atoms with Gasteiger partial charge in [0.1, 0.15) is 11.6 Å². The Labute approximate surface area is 172 Å². The van der Waals surface area contributed by atoms with Gasteiger partial charge in [-0.2, -0.15) is 0 Å². The van der Waals surface area contributed by atoms with Crippen LogP contribution in [0.4, 0.5) is 8.78 Å². The Morgan fingerprint density at radius 3 is 2.69 bits per heavy atom. The Kier molecular flexibility index (Phi) is 4.56. The summed E-state index contributed by atoms with van der Waals surface area (Å²) in [6.45, 7) is 12.3. The van der Waals surface area contributed by atoms with E-state index in [-0.39, 0.29) is 23.0 Å². The van der Waals surface area contributed by atoms with Crippen LogP contribution < -0.4 is 0 Å². The van der Waals surface area contributed by atoms with Crippen molar-refractivity contribution < 1.29 is 8.78 Å². The fourth-order valence-electron chi connectivity index (χ4n) is 5.44. The van der Waals surface area contributed by atoms with Gasteiger partial charge in [0.2, 0.25) is 0 Å². The summed E-state index contributed by atoms with van der Waals surface area (Å²) >= 11 is 0. The summed E-state index contributed by atoms with van der Waals surface area (Å²) in [5.74, 6) is -0.276. The largest absolute Gasteiger partial charge is 0.256 e. The van der Waals surface area contributed by atoms with Crippen molar-refractivity contribution in [2.45, 2.75) is 59.8 Å². The molecule has 0 fully saturated rings. The minimum Gasteiger partial charge on any atom is -0.256 e. The summed E-state index contributed by atoms with van der Waals surface area (Å²) in [6, 6.07) is 3.63. The summed E-state index contributed by atoms with van der Waals surface area (Å²) in [5, 5.41) is 1.43. The summed E-state index contributed by atoms with van der Waals surface area (Å²) in [4.78, 5) is 4.71. The first kappa shape index (κ1) is 20.0. The molecule has 4 rings (SSSR count). The zero-order valence-corrected chi connectivity index (χ0v) is 18.2. The lowest BCUT2D eigenvalue weighted by molar-refractivity contribution is 0.299. The van der Waals surface area contributed by atoms with Crippen molar-refractivity contribution in [2.75, 3.05) is 0 Å². The van der Waals surface area contributed by atoms with E-state index in [4.69, 9.17) is 4.98 Å². The molecule has 0 aliphatic heterocycles. The van der Waals surface area contributed by atoms with Gasteiger partial charge in [-0.1, -0.05) is 45.9 Å². The fraction of sp³-hybridized carbons (Fsp3) is 0.423. The molecule has 0 saturated heterocycles. The lowest BCUT2D eigenvalue weighted by Crippen LogP contribution is -2.35. The van der Waals surface area contributed by atoms with E-state index in [1.54, 1.807) is 25.3 Å². The zero-order chi connectivity index (χ0) is 21.1. The molecule has 0 bridgehead atoms. The highest BCUT2D eigenvalue weighted by atomic mass is 19.1. The number of hydrogen-bond acceptors (Lipinski definition) is 1. The predicted octanol–water partition coefficient (Wildman–Crippen LogP) is 7.59. The van der Waals surface area contributed by atoms with Gasteiger partial charge in [-0.15, -0.1) is 0 Å². The first-order valence-electron chi connectivity index (χ1n) is 10.5. The SMILES string of the molecule is CC=CC(C)(CC)C1CC=C(F)C2=C1c1nccc3c(F)c(C)cc(c13)C2(C)C. The summed E-state index contributed by atoms with van der Waals surface area (Å²) < 4.78 is 30.5. The second-order valence-electron chi connectivity index (χ2n) is 9.25. The van der Waals surface area contributed by atoms with E-state index in [9.17, 15) is 0 Å². The minimum absolute atomic E-state index is 0.0908. The number of benzene rings is 1. The molecule has 29 heavy (non-hydrogen) atoms. The molecule has 2 aromatic rings. The van der Waals surface area contributed by atoms with Gasteiger partial charge < -0.3 is 0 Å². The lowest BCUT2D eigenvalue weighted by atomic mass is 9.59. The third kappa shape index (κ3) is 2.66. The van der Waals surface area contributed by atoms with E-state index >= 15 is 8.78 Å². The van der Waals surface area contributed by atoms with Crippen LogP contribution in [0.1, 0.15) is 64.3 Å². The van der Waals surface area contributed by atoms with Crippen LogP contribution >= 0.6 is 0 Å². The van der Waals surface area contributed by atoms with Crippen LogP contribution in [0.5, 0.6) is 0 Å². The smallest absolute Gasteiger partial charge is 0.134 e. The molecule has 0 amide bonds. The molecule has 0 radical (unpaired) electrons. The van der Waals surface area contributed by atoms with Crippen LogP contribution in [0.15, 0.2) is 48.0 Å². The van der Waals surface area contributed by atoms with Crippen LogP contribution in [0.3, 0.4) is 0 Å². The van der Waals surface area contributed by atoms with Crippen molar-refractivity contribution in [2.24, 2.45) is 11.3 Å². The molecule has 0 spiro atoms. The van der Waals surface area contributed by atoms with Crippen molar-refractivity contribution in [3.63, 3.8) is 0 Å².